The van der Waals surface area contributed by atoms with E-state index in [-0.39, 0.29) is 17.0 Å². The van der Waals surface area contributed by atoms with E-state index in [1.807, 2.05) is 0 Å². The Labute approximate surface area is 133 Å². The van der Waals surface area contributed by atoms with Crippen molar-refractivity contribution in [2.24, 2.45) is 0 Å². The molecule has 2 aromatic rings. The topological polar surface area (TPSA) is 83.5 Å². The SMILES string of the molecule is CCc1ccc(NS(=O)(=O)c2ccc(CC(=O)O)cc2)cc1F. The van der Waals surface area contributed by atoms with Crippen molar-refractivity contribution in [2.75, 3.05) is 4.72 Å². The minimum atomic E-state index is -3.86. The standard InChI is InChI=1S/C16H16FNO4S/c1-2-12-5-6-13(10-15(12)17)18-23(21,22)14-7-3-11(4-8-14)9-16(19)20/h3-8,10,18H,2,9H2,1H3,(H,19,20). The van der Waals surface area contributed by atoms with Crippen LogP contribution in [0.2, 0.25) is 0 Å². The Morgan fingerprint density at radius 1 is 1.17 bits per heavy atom. The van der Waals surface area contributed by atoms with Crippen LogP contribution in [0.25, 0.3) is 0 Å². The first-order chi connectivity index (χ1) is 10.8. The summed E-state index contributed by atoms with van der Waals surface area (Å²) in [7, 11) is -3.86. The molecule has 23 heavy (non-hydrogen) atoms. The fraction of sp³-hybridized carbons (Fsp3) is 0.188. The maximum absolute atomic E-state index is 13.7. The highest BCUT2D eigenvalue weighted by Gasteiger charge is 2.15. The molecule has 0 unspecified atom stereocenters. The molecule has 0 saturated carbocycles. The molecule has 0 aliphatic carbocycles. The highest BCUT2D eigenvalue weighted by Crippen LogP contribution is 2.19. The predicted octanol–water partition coefficient (Wildman–Crippen LogP) is 2.82. The van der Waals surface area contributed by atoms with Gasteiger partial charge in [0.2, 0.25) is 0 Å². The summed E-state index contributed by atoms with van der Waals surface area (Å²) in [6, 6.07) is 9.66. The zero-order chi connectivity index (χ0) is 17.0. The van der Waals surface area contributed by atoms with Crippen LogP contribution in [-0.2, 0) is 27.7 Å². The van der Waals surface area contributed by atoms with E-state index in [9.17, 15) is 17.6 Å². The fourth-order valence-electron chi connectivity index (χ4n) is 2.07. The van der Waals surface area contributed by atoms with Crippen molar-refractivity contribution in [3.63, 3.8) is 0 Å². The Morgan fingerprint density at radius 2 is 1.83 bits per heavy atom. The number of carbonyl (C=O) groups is 1. The minimum Gasteiger partial charge on any atom is -0.481 e. The number of hydrogen-bond donors (Lipinski definition) is 2. The van der Waals surface area contributed by atoms with E-state index >= 15 is 0 Å². The van der Waals surface area contributed by atoms with E-state index in [1.54, 1.807) is 6.92 Å². The van der Waals surface area contributed by atoms with Gasteiger partial charge in [0.05, 0.1) is 17.0 Å². The summed E-state index contributed by atoms with van der Waals surface area (Å²) in [5.74, 6) is -1.46. The highest BCUT2D eigenvalue weighted by molar-refractivity contribution is 7.92. The van der Waals surface area contributed by atoms with Gasteiger partial charge >= 0.3 is 5.97 Å². The summed E-state index contributed by atoms with van der Waals surface area (Å²) >= 11 is 0. The number of aliphatic carboxylic acids is 1. The first-order valence-electron chi connectivity index (χ1n) is 6.94. The lowest BCUT2D eigenvalue weighted by atomic mass is 10.1. The van der Waals surface area contributed by atoms with Crippen LogP contribution in [0, 0.1) is 5.82 Å². The van der Waals surface area contributed by atoms with Crippen LogP contribution in [0.15, 0.2) is 47.4 Å². The van der Waals surface area contributed by atoms with Crippen molar-refractivity contribution in [1.29, 1.82) is 0 Å². The number of sulfonamides is 1. The number of anilines is 1. The molecule has 0 radical (unpaired) electrons. The van der Waals surface area contributed by atoms with Gasteiger partial charge in [-0.05, 0) is 41.8 Å². The summed E-state index contributed by atoms with van der Waals surface area (Å²) in [6.07, 6.45) is 0.335. The van der Waals surface area contributed by atoms with Crippen molar-refractivity contribution in [3.05, 3.63) is 59.4 Å². The lowest BCUT2D eigenvalue weighted by Crippen LogP contribution is -2.13. The maximum atomic E-state index is 13.7. The largest absolute Gasteiger partial charge is 0.481 e. The van der Waals surface area contributed by atoms with Crippen LogP contribution in [0.4, 0.5) is 10.1 Å². The number of carboxylic acids is 1. The van der Waals surface area contributed by atoms with Gasteiger partial charge in [0.1, 0.15) is 5.82 Å². The molecule has 0 spiro atoms. The molecule has 0 heterocycles. The number of hydrogen-bond acceptors (Lipinski definition) is 3. The Morgan fingerprint density at radius 3 is 2.35 bits per heavy atom. The van der Waals surface area contributed by atoms with Gasteiger partial charge in [-0.15, -0.1) is 0 Å². The van der Waals surface area contributed by atoms with Gasteiger partial charge in [-0.25, -0.2) is 12.8 Å². The summed E-state index contributed by atoms with van der Waals surface area (Å²) in [4.78, 5) is 10.6. The molecule has 0 aromatic heterocycles. The summed E-state index contributed by atoms with van der Waals surface area (Å²) in [5, 5.41) is 8.69. The van der Waals surface area contributed by atoms with Crippen molar-refractivity contribution < 1.29 is 22.7 Å². The molecule has 0 bridgehead atoms. The summed E-state index contributed by atoms with van der Waals surface area (Å²) < 4.78 is 40.5. The van der Waals surface area contributed by atoms with Crippen LogP contribution in [0.3, 0.4) is 0 Å². The molecule has 0 atom stereocenters. The number of rotatable bonds is 6. The van der Waals surface area contributed by atoms with E-state index in [1.165, 1.54) is 36.4 Å². The van der Waals surface area contributed by atoms with Crippen molar-refractivity contribution >= 4 is 21.7 Å². The van der Waals surface area contributed by atoms with Gasteiger partial charge in [0, 0.05) is 0 Å². The number of aryl methyl sites for hydroxylation is 1. The molecule has 2 rings (SSSR count). The predicted molar refractivity (Wildman–Crippen MR) is 84.4 cm³/mol. The molecular weight excluding hydrogens is 321 g/mol. The fourth-order valence-corrected chi connectivity index (χ4v) is 3.12. The van der Waals surface area contributed by atoms with Crippen LogP contribution in [-0.4, -0.2) is 19.5 Å². The molecule has 7 heteroatoms. The third-order valence-corrected chi connectivity index (χ3v) is 4.67. The van der Waals surface area contributed by atoms with E-state index < -0.39 is 21.8 Å². The summed E-state index contributed by atoms with van der Waals surface area (Å²) in [6.45, 7) is 1.81. The zero-order valence-corrected chi connectivity index (χ0v) is 13.2. The maximum Gasteiger partial charge on any atom is 0.307 e. The van der Waals surface area contributed by atoms with Crippen molar-refractivity contribution in [3.8, 4) is 0 Å². The highest BCUT2D eigenvalue weighted by atomic mass is 32.2. The van der Waals surface area contributed by atoms with Crippen molar-refractivity contribution in [1.82, 2.24) is 0 Å². The second-order valence-electron chi connectivity index (χ2n) is 4.98. The Hall–Kier alpha value is -2.41. The van der Waals surface area contributed by atoms with Crippen LogP contribution >= 0.6 is 0 Å². The monoisotopic (exact) mass is 337 g/mol. The van der Waals surface area contributed by atoms with E-state index in [0.717, 1.165) is 6.07 Å². The molecule has 122 valence electrons. The number of benzene rings is 2. The molecule has 0 amide bonds. The second-order valence-corrected chi connectivity index (χ2v) is 6.66. The molecule has 0 aliphatic heterocycles. The van der Waals surface area contributed by atoms with Gasteiger partial charge < -0.3 is 5.11 Å². The molecule has 2 N–H and O–H groups in total. The van der Waals surface area contributed by atoms with Crippen molar-refractivity contribution in [2.45, 2.75) is 24.7 Å². The number of halogens is 1. The van der Waals surface area contributed by atoms with E-state index in [0.29, 0.717) is 17.5 Å². The lowest BCUT2D eigenvalue weighted by molar-refractivity contribution is -0.136. The Bertz CT molecular complexity index is 816. The third-order valence-electron chi connectivity index (χ3n) is 3.28. The van der Waals surface area contributed by atoms with Crippen LogP contribution in [0.5, 0.6) is 0 Å². The lowest BCUT2D eigenvalue weighted by Gasteiger charge is -2.10. The van der Waals surface area contributed by atoms with E-state index in [4.69, 9.17) is 5.11 Å². The minimum absolute atomic E-state index is 0.0217. The smallest absolute Gasteiger partial charge is 0.307 e. The number of nitrogens with one attached hydrogen (secondary N) is 1. The molecule has 0 saturated heterocycles. The average Bonchev–Trinajstić information content (AvgIpc) is 2.47. The van der Waals surface area contributed by atoms with E-state index in [2.05, 4.69) is 4.72 Å². The molecule has 2 aromatic carbocycles. The molecular formula is C16H16FNO4S. The third kappa shape index (κ3) is 4.29. The van der Waals surface area contributed by atoms with Crippen LogP contribution < -0.4 is 4.72 Å². The normalized spacial score (nSPS) is 11.2. The van der Waals surface area contributed by atoms with Gasteiger partial charge in [0.25, 0.3) is 10.0 Å². The summed E-state index contributed by atoms with van der Waals surface area (Å²) in [5.41, 5.74) is 1.13. The van der Waals surface area contributed by atoms with Gasteiger partial charge in [0.15, 0.2) is 0 Å². The molecule has 5 nitrogen and oxygen atoms in total. The average molecular weight is 337 g/mol. The van der Waals surface area contributed by atoms with Crippen LogP contribution in [0.1, 0.15) is 18.1 Å². The molecule has 0 fully saturated rings. The Balaban J connectivity index is 2.21. The van der Waals surface area contributed by atoms with Gasteiger partial charge in [-0.3, -0.25) is 9.52 Å². The zero-order valence-electron chi connectivity index (χ0n) is 12.4. The quantitative estimate of drug-likeness (QED) is 0.849. The molecule has 0 aliphatic rings. The van der Waals surface area contributed by atoms with Gasteiger partial charge in [-0.1, -0.05) is 25.1 Å². The first-order valence-corrected chi connectivity index (χ1v) is 8.42. The first kappa shape index (κ1) is 17.0. The van der Waals surface area contributed by atoms with Gasteiger partial charge in [-0.2, -0.15) is 0 Å². The second kappa shape index (κ2) is 6.78. The number of carboxylic acid groups (broad SMARTS) is 1. The Kier molecular flexibility index (Phi) is 5.00.